The molecule has 0 spiro atoms. The number of ketones is 2. The first kappa shape index (κ1) is 32.9. The Bertz CT molecular complexity index is 1110. The van der Waals surface area contributed by atoms with E-state index in [4.69, 9.17) is 9.47 Å². The molecule has 9 nitrogen and oxygen atoms in total. The number of anilines is 1. The smallest absolute Gasteiger partial charge is 0.296 e. The molecule has 0 heterocycles. The van der Waals surface area contributed by atoms with Crippen molar-refractivity contribution in [1.29, 1.82) is 0 Å². The summed E-state index contributed by atoms with van der Waals surface area (Å²) in [5.74, 6) is -1.27. The summed E-state index contributed by atoms with van der Waals surface area (Å²) in [6, 6.07) is 5.37. The lowest BCUT2D eigenvalue weighted by Crippen LogP contribution is -2.54. The Hall–Kier alpha value is -2.14. The van der Waals surface area contributed by atoms with Gasteiger partial charge < -0.3 is 14.8 Å². The summed E-state index contributed by atoms with van der Waals surface area (Å²) < 4.78 is 44.9. The molecule has 1 rings (SSSR count). The van der Waals surface area contributed by atoms with Crippen molar-refractivity contribution in [2.24, 2.45) is 10.8 Å². The van der Waals surface area contributed by atoms with Gasteiger partial charge in [-0.25, -0.2) is 0 Å². The number of nitrogens with one attached hydrogen (secondary N) is 1. The Morgan fingerprint density at radius 3 is 1.86 bits per heavy atom. The molecule has 37 heavy (non-hydrogen) atoms. The molecule has 1 amide bonds. The molecule has 1 aromatic rings. The molecule has 0 aromatic heterocycles. The Morgan fingerprint density at radius 1 is 0.892 bits per heavy atom. The predicted molar refractivity (Wildman–Crippen MR) is 142 cm³/mol. The van der Waals surface area contributed by atoms with Gasteiger partial charge in [-0.2, -0.15) is 8.42 Å². The van der Waals surface area contributed by atoms with E-state index in [1.807, 2.05) is 20.8 Å². The van der Waals surface area contributed by atoms with Crippen LogP contribution in [-0.2, 0) is 34.0 Å². The number of Topliss-reactive ketones (excluding diaryl/α,β-unsaturated/α-hetero) is 2. The van der Waals surface area contributed by atoms with Gasteiger partial charge in [0.15, 0.2) is 11.6 Å². The Labute approximate surface area is 221 Å². The standard InChI is InChI=1S/C27H43NO8S/c1-17(35-25(5,6)7)22(30)26(8,9)27(10,11)36-19(23(31)24(2,3)4)16-21(29)28-18-14-12-13-15-20(18)37(32,33)34/h12-15,17,19H,16H2,1-11H3,(H,28,29)(H,32,33,34). The van der Waals surface area contributed by atoms with Crippen LogP contribution in [-0.4, -0.2) is 53.9 Å². The van der Waals surface area contributed by atoms with Gasteiger partial charge in [0, 0.05) is 5.41 Å². The van der Waals surface area contributed by atoms with Gasteiger partial charge in [-0.05, 0) is 53.7 Å². The van der Waals surface area contributed by atoms with Crippen molar-refractivity contribution in [3.8, 4) is 0 Å². The number of carbonyl (C=O) groups is 3. The Morgan fingerprint density at radius 2 is 1.41 bits per heavy atom. The van der Waals surface area contributed by atoms with Crippen LogP contribution in [0.5, 0.6) is 0 Å². The van der Waals surface area contributed by atoms with Crippen LogP contribution in [0.15, 0.2) is 29.2 Å². The van der Waals surface area contributed by atoms with Crippen LogP contribution in [0.25, 0.3) is 0 Å². The van der Waals surface area contributed by atoms with Crippen LogP contribution in [0.2, 0.25) is 0 Å². The summed E-state index contributed by atoms with van der Waals surface area (Å²) in [7, 11) is -4.59. The van der Waals surface area contributed by atoms with Crippen molar-refractivity contribution in [2.75, 3.05) is 5.32 Å². The minimum absolute atomic E-state index is 0.125. The second kappa shape index (κ2) is 11.3. The molecular formula is C27H43NO8S. The van der Waals surface area contributed by atoms with Gasteiger partial charge in [-0.15, -0.1) is 0 Å². The lowest BCUT2D eigenvalue weighted by atomic mass is 9.71. The number of amides is 1. The van der Waals surface area contributed by atoms with Gasteiger partial charge >= 0.3 is 0 Å². The number of ether oxygens (including phenoxy) is 2. The highest BCUT2D eigenvalue weighted by Crippen LogP contribution is 2.39. The molecule has 2 atom stereocenters. The molecular weight excluding hydrogens is 498 g/mol. The van der Waals surface area contributed by atoms with E-state index in [0.29, 0.717) is 0 Å². The van der Waals surface area contributed by atoms with E-state index in [1.54, 1.807) is 55.4 Å². The Balaban J connectivity index is 3.28. The van der Waals surface area contributed by atoms with Gasteiger partial charge in [0.1, 0.15) is 17.1 Å². The van der Waals surface area contributed by atoms with E-state index < -0.39 is 61.6 Å². The molecule has 0 saturated carbocycles. The van der Waals surface area contributed by atoms with E-state index in [1.165, 1.54) is 18.2 Å². The lowest BCUT2D eigenvalue weighted by Gasteiger charge is -2.44. The van der Waals surface area contributed by atoms with Crippen molar-refractivity contribution in [3.05, 3.63) is 24.3 Å². The quantitative estimate of drug-likeness (QED) is 0.380. The van der Waals surface area contributed by atoms with Gasteiger partial charge in [-0.3, -0.25) is 18.9 Å². The Kier molecular flexibility index (Phi) is 10.1. The average Bonchev–Trinajstić information content (AvgIpc) is 2.69. The molecule has 2 unspecified atom stereocenters. The van der Waals surface area contributed by atoms with E-state index in [-0.39, 0.29) is 17.3 Å². The zero-order chi connectivity index (χ0) is 29.2. The van der Waals surface area contributed by atoms with Crippen molar-refractivity contribution < 1.29 is 36.8 Å². The first-order valence-electron chi connectivity index (χ1n) is 12.2. The lowest BCUT2D eigenvalue weighted by molar-refractivity contribution is -0.181. The fraction of sp³-hybridized carbons (Fsp3) is 0.667. The number of para-hydroxylation sites is 1. The highest BCUT2D eigenvalue weighted by Gasteiger charge is 2.49. The van der Waals surface area contributed by atoms with Crippen LogP contribution in [0.1, 0.15) is 82.6 Å². The minimum atomic E-state index is -4.59. The summed E-state index contributed by atoms with van der Waals surface area (Å²) in [6.07, 6.45) is -2.41. The fourth-order valence-corrected chi connectivity index (χ4v) is 4.37. The highest BCUT2D eigenvalue weighted by atomic mass is 32.2. The molecule has 0 bridgehead atoms. The first-order chi connectivity index (χ1) is 16.4. The number of hydrogen-bond donors (Lipinski definition) is 2. The van der Waals surface area contributed by atoms with Gasteiger partial charge in [-0.1, -0.05) is 46.8 Å². The molecule has 0 aliphatic heterocycles. The maximum atomic E-state index is 13.4. The second-order valence-corrected chi connectivity index (χ2v) is 13.7. The summed E-state index contributed by atoms with van der Waals surface area (Å²) in [5.41, 5.74) is -3.85. The van der Waals surface area contributed by atoms with E-state index in [9.17, 15) is 27.4 Å². The topological polar surface area (TPSA) is 136 Å². The van der Waals surface area contributed by atoms with Crippen LogP contribution >= 0.6 is 0 Å². The van der Waals surface area contributed by atoms with Crippen molar-refractivity contribution in [2.45, 2.75) is 111 Å². The zero-order valence-electron chi connectivity index (χ0n) is 23.9. The molecule has 0 fully saturated rings. The number of carbonyl (C=O) groups excluding carboxylic acids is 3. The molecule has 0 aliphatic rings. The van der Waals surface area contributed by atoms with Crippen molar-refractivity contribution >= 4 is 33.3 Å². The summed E-state index contributed by atoms with van der Waals surface area (Å²) >= 11 is 0. The molecule has 0 radical (unpaired) electrons. The van der Waals surface area contributed by atoms with E-state index in [0.717, 1.165) is 6.07 Å². The molecule has 2 N–H and O–H groups in total. The summed E-state index contributed by atoms with van der Waals surface area (Å²) in [6.45, 7) is 19.1. The largest absolute Gasteiger partial charge is 0.365 e. The van der Waals surface area contributed by atoms with Gasteiger partial charge in [0.25, 0.3) is 10.1 Å². The average molecular weight is 542 g/mol. The van der Waals surface area contributed by atoms with Crippen molar-refractivity contribution in [1.82, 2.24) is 0 Å². The minimum Gasteiger partial charge on any atom is -0.365 e. The fourth-order valence-electron chi connectivity index (χ4n) is 3.73. The maximum absolute atomic E-state index is 13.4. The van der Waals surface area contributed by atoms with Crippen LogP contribution in [0, 0.1) is 10.8 Å². The third kappa shape index (κ3) is 8.98. The maximum Gasteiger partial charge on any atom is 0.296 e. The monoisotopic (exact) mass is 541 g/mol. The predicted octanol–water partition coefficient (Wildman–Crippen LogP) is 4.84. The second-order valence-electron chi connectivity index (χ2n) is 12.3. The van der Waals surface area contributed by atoms with Gasteiger partial charge in [0.05, 0.1) is 28.7 Å². The van der Waals surface area contributed by atoms with Crippen LogP contribution in [0.4, 0.5) is 5.69 Å². The highest BCUT2D eigenvalue weighted by molar-refractivity contribution is 7.86. The first-order valence-corrected chi connectivity index (χ1v) is 13.6. The van der Waals surface area contributed by atoms with E-state index in [2.05, 4.69) is 5.32 Å². The number of rotatable bonds is 11. The molecule has 210 valence electrons. The number of benzene rings is 1. The zero-order valence-corrected chi connectivity index (χ0v) is 24.7. The summed E-state index contributed by atoms with van der Waals surface area (Å²) in [4.78, 5) is 39.2. The molecule has 1 aromatic carbocycles. The molecule has 10 heteroatoms. The third-order valence-electron chi connectivity index (χ3n) is 6.30. The van der Waals surface area contributed by atoms with Gasteiger partial charge in [0.2, 0.25) is 5.91 Å². The van der Waals surface area contributed by atoms with E-state index >= 15 is 0 Å². The molecule has 0 saturated heterocycles. The summed E-state index contributed by atoms with van der Waals surface area (Å²) in [5, 5.41) is 2.45. The normalized spacial score (nSPS) is 15.1. The molecule has 0 aliphatic carbocycles. The SMILES string of the molecule is CC(OC(C)(C)C)C(=O)C(C)(C)C(C)(C)OC(CC(=O)Nc1ccccc1S(=O)(=O)O)C(=O)C(C)(C)C. The van der Waals surface area contributed by atoms with Crippen molar-refractivity contribution in [3.63, 3.8) is 0 Å². The van der Waals surface area contributed by atoms with Crippen LogP contribution in [0.3, 0.4) is 0 Å². The van der Waals surface area contributed by atoms with Crippen LogP contribution < -0.4 is 5.32 Å². The number of hydrogen-bond acceptors (Lipinski definition) is 7. The third-order valence-corrected chi connectivity index (χ3v) is 7.21.